The number of hydrogen-bond acceptors (Lipinski definition) is 5. The molecule has 4 nitrogen and oxygen atoms in total. The van der Waals surface area contributed by atoms with E-state index in [1.54, 1.807) is 18.2 Å². The molecule has 0 aliphatic rings. The quantitative estimate of drug-likeness (QED) is 0.808. The zero-order valence-electron chi connectivity index (χ0n) is 9.64. The number of thioether (sulfide) groups is 1. The van der Waals surface area contributed by atoms with Crippen molar-refractivity contribution in [2.75, 3.05) is 12.9 Å². The average molecular weight is 254 g/mol. The number of benzene rings is 1. The molecule has 1 aromatic carbocycles. The number of hydrogen-bond donors (Lipinski definition) is 2. The fourth-order valence-electron chi connectivity index (χ4n) is 1.22. The van der Waals surface area contributed by atoms with Crippen molar-refractivity contribution < 1.29 is 19.7 Å². The molecule has 0 amide bonds. The van der Waals surface area contributed by atoms with Crippen LogP contribution in [0.5, 0.6) is 17.2 Å². The summed E-state index contributed by atoms with van der Waals surface area (Å²) >= 11 is 1.20. The lowest BCUT2D eigenvalue weighted by Gasteiger charge is -2.06. The van der Waals surface area contributed by atoms with E-state index in [9.17, 15) is 15.0 Å². The van der Waals surface area contributed by atoms with Crippen LogP contribution in [0.2, 0.25) is 0 Å². The van der Waals surface area contributed by atoms with Crippen molar-refractivity contribution in [3.8, 4) is 17.2 Å². The Morgan fingerprint density at radius 1 is 1.47 bits per heavy atom. The zero-order chi connectivity index (χ0) is 12.8. The standard InChI is InChI=1S/C12H14O4S/c1-8(13)17-5-3-4-9-6-10(14)12(15)11(7-9)16-2/h3-4,6-7,14-15H,5H2,1-2H3. The summed E-state index contributed by atoms with van der Waals surface area (Å²) in [4.78, 5) is 10.7. The second-order valence-corrected chi connectivity index (χ2v) is 4.49. The maximum absolute atomic E-state index is 10.7. The smallest absolute Gasteiger partial charge is 0.200 e. The van der Waals surface area contributed by atoms with E-state index in [-0.39, 0.29) is 22.4 Å². The topological polar surface area (TPSA) is 66.8 Å². The van der Waals surface area contributed by atoms with Gasteiger partial charge in [-0.05, 0) is 17.7 Å². The maximum Gasteiger partial charge on any atom is 0.200 e. The molecular weight excluding hydrogens is 240 g/mol. The van der Waals surface area contributed by atoms with Crippen molar-refractivity contribution in [2.45, 2.75) is 6.92 Å². The number of carbonyl (C=O) groups excluding carboxylic acids is 1. The van der Waals surface area contributed by atoms with Gasteiger partial charge in [-0.1, -0.05) is 23.9 Å². The number of methoxy groups -OCH3 is 1. The van der Waals surface area contributed by atoms with Crippen LogP contribution < -0.4 is 4.74 Å². The van der Waals surface area contributed by atoms with Crippen molar-refractivity contribution in [1.82, 2.24) is 0 Å². The van der Waals surface area contributed by atoms with Crippen molar-refractivity contribution in [1.29, 1.82) is 0 Å². The molecule has 0 fully saturated rings. The number of aromatic hydroxyl groups is 2. The van der Waals surface area contributed by atoms with Gasteiger partial charge in [-0.25, -0.2) is 0 Å². The highest BCUT2D eigenvalue weighted by atomic mass is 32.2. The molecule has 1 aromatic rings. The fourth-order valence-corrected chi connectivity index (χ4v) is 1.64. The average Bonchev–Trinajstić information content (AvgIpc) is 2.28. The van der Waals surface area contributed by atoms with E-state index in [2.05, 4.69) is 0 Å². The Morgan fingerprint density at radius 2 is 2.18 bits per heavy atom. The van der Waals surface area contributed by atoms with E-state index in [0.29, 0.717) is 11.3 Å². The minimum atomic E-state index is -0.275. The van der Waals surface area contributed by atoms with E-state index in [4.69, 9.17) is 4.74 Å². The lowest BCUT2D eigenvalue weighted by atomic mass is 10.1. The van der Waals surface area contributed by atoms with Gasteiger partial charge in [0, 0.05) is 12.7 Å². The summed E-state index contributed by atoms with van der Waals surface area (Å²) in [6, 6.07) is 3.02. The second-order valence-electron chi connectivity index (χ2n) is 3.30. The molecule has 0 atom stereocenters. The van der Waals surface area contributed by atoms with E-state index in [0.717, 1.165) is 0 Å². The van der Waals surface area contributed by atoms with E-state index >= 15 is 0 Å². The molecule has 17 heavy (non-hydrogen) atoms. The summed E-state index contributed by atoms with van der Waals surface area (Å²) in [6.07, 6.45) is 3.55. The largest absolute Gasteiger partial charge is 0.504 e. The molecule has 0 aromatic heterocycles. The van der Waals surface area contributed by atoms with Crippen LogP contribution in [-0.4, -0.2) is 28.2 Å². The molecule has 5 heteroatoms. The molecule has 0 radical (unpaired) electrons. The van der Waals surface area contributed by atoms with Crippen LogP contribution in [0.4, 0.5) is 0 Å². The summed E-state index contributed by atoms with van der Waals surface area (Å²) < 4.78 is 4.91. The van der Waals surface area contributed by atoms with E-state index < -0.39 is 0 Å². The number of phenols is 2. The van der Waals surface area contributed by atoms with Gasteiger partial charge in [0.2, 0.25) is 5.75 Å². The Bertz CT molecular complexity index is 440. The van der Waals surface area contributed by atoms with Gasteiger partial charge in [-0.3, -0.25) is 4.79 Å². The van der Waals surface area contributed by atoms with Gasteiger partial charge in [0.05, 0.1) is 7.11 Å². The van der Waals surface area contributed by atoms with Gasteiger partial charge in [-0.15, -0.1) is 0 Å². The molecule has 0 unspecified atom stereocenters. The first kappa shape index (κ1) is 13.4. The fraction of sp³-hybridized carbons (Fsp3) is 0.250. The van der Waals surface area contributed by atoms with Crippen LogP contribution in [0.3, 0.4) is 0 Å². The van der Waals surface area contributed by atoms with Gasteiger partial charge in [0.25, 0.3) is 0 Å². The number of phenolic OH excluding ortho intramolecular Hbond substituents is 2. The lowest BCUT2D eigenvalue weighted by molar-refractivity contribution is -0.109. The van der Waals surface area contributed by atoms with Gasteiger partial charge in [0.1, 0.15) is 0 Å². The molecular formula is C12H14O4S. The number of rotatable bonds is 4. The van der Waals surface area contributed by atoms with E-state index in [1.165, 1.54) is 31.9 Å². The van der Waals surface area contributed by atoms with E-state index in [1.807, 2.05) is 0 Å². The van der Waals surface area contributed by atoms with Gasteiger partial charge in [0.15, 0.2) is 16.6 Å². The minimum absolute atomic E-state index is 0.0563. The first-order chi connectivity index (χ1) is 8.04. The van der Waals surface area contributed by atoms with Crippen LogP contribution in [0, 0.1) is 0 Å². The lowest BCUT2D eigenvalue weighted by Crippen LogP contribution is -1.86. The van der Waals surface area contributed by atoms with Crippen LogP contribution in [-0.2, 0) is 4.79 Å². The molecule has 0 saturated carbocycles. The highest BCUT2D eigenvalue weighted by Gasteiger charge is 2.07. The molecule has 0 spiro atoms. The van der Waals surface area contributed by atoms with Crippen LogP contribution >= 0.6 is 11.8 Å². The Hall–Kier alpha value is -1.62. The monoisotopic (exact) mass is 254 g/mol. The van der Waals surface area contributed by atoms with Crippen LogP contribution in [0.1, 0.15) is 12.5 Å². The molecule has 0 saturated heterocycles. The van der Waals surface area contributed by atoms with Crippen molar-refractivity contribution in [2.24, 2.45) is 0 Å². The van der Waals surface area contributed by atoms with Gasteiger partial charge in [-0.2, -0.15) is 0 Å². The molecule has 0 aliphatic carbocycles. The minimum Gasteiger partial charge on any atom is -0.504 e. The SMILES string of the molecule is COc1cc(C=CCSC(C)=O)cc(O)c1O. The third-order valence-electron chi connectivity index (χ3n) is 1.99. The van der Waals surface area contributed by atoms with Crippen molar-refractivity contribution in [3.63, 3.8) is 0 Å². The maximum atomic E-state index is 10.7. The third kappa shape index (κ3) is 4.03. The molecule has 92 valence electrons. The molecule has 0 heterocycles. The van der Waals surface area contributed by atoms with Crippen molar-refractivity contribution >= 4 is 23.0 Å². The highest BCUT2D eigenvalue weighted by molar-refractivity contribution is 8.13. The van der Waals surface area contributed by atoms with Gasteiger partial charge < -0.3 is 14.9 Å². The number of ether oxygens (including phenoxy) is 1. The Balaban J connectivity index is 2.78. The Kier molecular flexibility index (Phi) is 4.90. The summed E-state index contributed by atoms with van der Waals surface area (Å²) in [5.74, 6) is 0.272. The first-order valence-corrected chi connectivity index (χ1v) is 5.93. The molecule has 1 rings (SSSR count). The predicted octanol–water partition coefficient (Wildman–Crippen LogP) is 2.40. The van der Waals surface area contributed by atoms with Crippen LogP contribution in [0.25, 0.3) is 6.08 Å². The summed E-state index contributed by atoms with van der Waals surface area (Å²) in [6.45, 7) is 1.51. The van der Waals surface area contributed by atoms with Crippen LogP contribution in [0.15, 0.2) is 18.2 Å². The molecule has 0 bridgehead atoms. The normalized spacial score (nSPS) is 10.7. The third-order valence-corrected chi connectivity index (χ3v) is 2.76. The second kappa shape index (κ2) is 6.20. The van der Waals surface area contributed by atoms with Crippen molar-refractivity contribution in [3.05, 3.63) is 23.8 Å². The molecule has 2 N–H and O–H groups in total. The zero-order valence-corrected chi connectivity index (χ0v) is 10.5. The predicted molar refractivity (Wildman–Crippen MR) is 68.5 cm³/mol. The molecule has 0 aliphatic heterocycles. The first-order valence-electron chi connectivity index (χ1n) is 4.94. The Labute approximate surface area is 104 Å². The summed E-state index contributed by atoms with van der Waals surface area (Å²) in [5.41, 5.74) is 0.696. The highest BCUT2D eigenvalue weighted by Crippen LogP contribution is 2.36. The summed E-state index contributed by atoms with van der Waals surface area (Å²) in [7, 11) is 1.41. The summed E-state index contributed by atoms with van der Waals surface area (Å²) in [5, 5.41) is 18.9. The number of carbonyl (C=O) groups is 1. The Morgan fingerprint density at radius 3 is 2.76 bits per heavy atom. The van der Waals surface area contributed by atoms with Gasteiger partial charge >= 0.3 is 0 Å².